The van der Waals surface area contributed by atoms with Gasteiger partial charge in [-0.3, -0.25) is 14.9 Å². The van der Waals surface area contributed by atoms with Gasteiger partial charge in [-0.1, -0.05) is 0 Å². The van der Waals surface area contributed by atoms with Crippen LogP contribution in [0.3, 0.4) is 0 Å². The number of nitro benzene ring substituents is 1. The number of sulfonamides is 1. The van der Waals surface area contributed by atoms with Crippen LogP contribution in [0, 0.1) is 10.1 Å². The lowest BCUT2D eigenvalue weighted by Gasteiger charge is -2.20. The molecule has 12 heteroatoms. The molecule has 1 N–H and O–H groups in total. The highest BCUT2D eigenvalue weighted by Crippen LogP contribution is 2.29. The second kappa shape index (κ2) is 10.6. The monoisotopic (exact) mass is 475 g/mol. The van der Waals surface area contributed by atoms with E-state index in [9.17, 15) is 23.3 Å². The van der Waals surface area contributed by atoms with Crippen LogP contribution in [-0.2, 0) is 10.0 Å². The van der Waals surface area contributed by atoms with Gasteiger partial charge in [-0.15, -0.1) is 23.2 Å². The van der Waals surface area contributed by atoms with Crippen molar-refractivity contribution in [1.29, 1.82) is 0 Å². The quantitative estimate of drug-likeness (QED) is 0.319. The molecule has 2 rings (SSSR count). The highest BCUT2D eigenvalue weighted by molar-refractivity contribution is 7.89. The summed E-state index contributed by atoms with van der Waals surface area (Å²) in [5, 5.41) is 13.4. The van der Waals surface area contributed by atoms with Crippen molar-refractivity contribution in [1.82, 2.24) is 4.31 Å². The van der Waals surface area contributed by atoms with E-state index in [4.69, 9.17) is 27.9 Å². The topological polar surface area (TPSA) is 119 Å². The first-order chi connectivity index (χ1) is 14.2. The molecule has 162 valence electrons. The maximum Gasteiger partial charge on any atom is 0.273 e. The van der Waals surface area contributed by atoms with Gasteiger partial charge >= 0.3 is 0 Å². The Bertz CT molecular complexity index is 1010. The number of ether oxygens (including phenoxy) is 1. The number of hydrogen-bond donors (Lipinski definition) is 1. The lowest BCUT2D eigenvalue weighted by atomic mass is 10.2. The third kappa shape index (κ3) is 5.60. The molecular weight excluding hydrogens is 457 g/mol. The van der Waals surface area contributed by atoms with Gasteiger partial charge in [0.15, 0.2) is 0 Å². The number of alkyl halides is 2. The Kier molecular flexibility index (Phi) is 8.42. The van der Waals surface area contributed by atoms with E-state index in [1.165, 1.54) is 53.9 Å². The summed E-state index contributed by atoms with van der Waals surface area (Å²) in [5.74, 6) is -0.180. The number of rotatable bonds is 10. The van der Waals surface area contributed by atoms with Crippen LogP contribution in [0.25, 0.3) is 0 Å². The van der Waals surface area contributed by atoms with Crippen molar-refractivity contribution in [2.45, 2.75) is 4.90 Å². The average molecular weight is 476 g/mol. The van der Waals surface area contributed by atoms with E-state index in [0.29, 0.717) is 0 Å². The summed E-state index contributed by atoms with van der Waals surface area (Å²) in [7, 11) is -2.48. The van der Waals surface area contributed by atoms with Crippen LogP contribution in [0.5, 0.6) is 5.75 Å². The van der Waals surface area contributed by atoms with Crippen LogP contribution < -0.4 is 10.1 Å². The summed E-state index contributed by atoms with van der Waals surface area (Å²) in [6, 6.07) is 9.12. The molecule has 30 heavy (non-hydrogen) atoms. The molecule has 0 aliphatic rings. The third-order valence-corrected chi connectivity index (χ3v) is 6.32. The van der Waals surface area contributed by atoms with Crippen molar-refractivity contribution in [3.05, 3.63) is 58.1 Å². The zero-order valence-electron chi connectivity index (χ0n) is 15.9. The van der Waals surface area contributed by atoms with Gasteiger partial charge in [-0.05, 0) is 30.3 Å². The van der Waals surface area contributed by atoms with Gasteiger partial charge in [0.1, 0.15) is 5.75 Å². The molecule has 9 nitrogen and oxygen atoms in total. The van der Waals surface area contributed by atoms with Crippen molar-refractivity contribution >= 4 is 50.5 Å². The van der Waals surface area contributed by atoms with E-state index < -0.39 is 20.9 Å². The van der Waals surface area contributed by atoms with Crippen LogP contribution >= 0.6 is 23.2 Å². The number of anilines is 1. The molecule has 0 radical (unpaired) electrons. The molecule has 0 saturated carbocycles. The number of methoxy groups -OCH3 is 1. The van der Waals surface area contributed by atoms with Crippen LogP contribution in [0.15, 0.2) is 47.4 Å². The minimum Gasteiger partial charge on any atom is -0.494 e. The molecule has 0 heterocycles. The summed E-state index contributed by atoms with van der Waals surface area (Å²) in [6.07, 6.45) is 0. The van der Waals surface area contributed by atoms with Crippen LogP contribution in [0.1, 0.15) is 10.4 Å². The fourth-order valence-corrected chi connectivity index (χ4v) is 4.61. The maximum atomic E-state index is 12.7. The summed E-state index contributed by atoms with van der Waals surface area (Å²) >= 11 is 11.3. The molecule has 0 unspecified atom stereocenters. The average Bonchev–Trinajstić information content (AvgIpc) is 2.73. The zero-order valence-corrected chi connectivity index (χ0v) is 18.2. The molecule has 0 atom stereocenters. The Morgan fingerprint density at radius 1 is 1.13 bits per heavy atom. The molecule has 0 saturated heterocycles. The molecule has 1 amide bonds. The predicted molar refractivity (Wildman–Crippen MR) is 114 cm³/mol. The van der Waals surface area contributed by atoms with E-state index in [1.54, 1.807) is 0 Å². The second-order valence-corrected chi connectivity index (χ2v) is 8.60. The second-order valence-electron chi connectivity index (χ2n) is 5.90. The van der Waals surface area contributed by atoms with Gasteiger partial charge in [0.2, 0.25) is 10.0 Å². The number of benzene rings is 2. The van der Waals surface area contributed by atoms with Gasteiger partial charge < -0.3 is 10.1 Å². The largest absolute Gasteiger partial charge is 0.494 e. The first-order valence-corrected chi connectivity index (χ1v) is 11.1. The van der Waals surface area contributed by atoms with Gasteiger partial charge in [-0.25, -0.2) is 8.42 Å². The number of non-ortho nitro benzene ring substituents is 1. The molecule has 0 bridgehead atoms. The Labute approximate surface area is 183 Å². The molecular formula is C18H19Cl2N3O6S. The van der Waals surface area contributed by atoms with E-state index in [-0.39, 0.29) is 52.4 Å². The Hall–Kier alpha value is -2.40. The van der Waals surface area contributed by atoms with Crippen LogP contribution in [0.2, 0.25) is 0 Å². The Balaban J connectivity index is 2.22. The normalized spacial score (nSPS) is 11.3. The van der Waals surface area contributed by atoms with Crippen LogP contribution in [0.4, 0.5) is 11.4 Å². The predicted octanol–water partition coefficient (Wildman–Crippen LogP) is 3.32. The van der Waals surface area contributed by atoms with E-state index in [1.807, 2.05) is 0 Å². The van der Waals surface area contributed by atoms with Crippen molar-refractivity contribution < 1.29 is 22.9 Å². The molecule has 0 aliphatic heterocycles. The number of carbonyl (C=O) groups is 1. The van der Waals surface area contributed by atoms with E-state index in [0.717, 1.165) is 0 Å². The number of carbonyl (C=O) groups excluding carboxylic acids is 1. The Morgan fingerprint density at radius 2 is 1.73 bits per heavy atom. The van der Waals surface area contributed by atoms with Gasteiger partial charge in [-0.2, -0.15) is 4.31 Å². The molecule has 0 aromatic heterocycles. The maximum absolute atomic E-state index is 12.7. The van der Waals surface area contributed by atoms with Crippen molar-refractivity contribution in [3.63, 3.8) is 0 Å². The number of halogens is 2. The first-order valence-electron chi connectivity index (χ1n) is 8.60. The Morgan fingerprint density at radius 3 is 2.23 bits per heavy atom. The summed E-state index contributed by atoms with van der Waals surface area (Å²) in [6.45, 7) is 0.220. The standard InChI is InChI=1S/C18H19Cl2N3O6S/c1-29-17-12-14(23(25)26)4-7-16(17)21-18(24)13-2-5-15(6-3-13)30(27,28)22(10-8-19)11-9-20/h2-7,12H,8-11H2,1H3,(H,21,24). The molecule has 0 spiro atoms. The van der Waals surface area contributed by atoms with E-state index in [2.05, 4.69) is 5.32 Å². The third-order valence-electron chi connectivity index (χ3n) is 4.07. The lowest BCUT2D eigenvalue weighted by molar-refractivity contribution is -0.384. The van der Waals surface area contributed by atoms with Gasteiger partial charge in [0, 0.05) is 36.5 Å². The molecule has 0 aliphatic carbocycles. The fourth-order valence-electron chi connectivity index (χ4n) is 2.56. The minimum absolute atomic E-state index is 0.00204. The zero-order chi connectivity index (χ0) is 22.3. The highest BCUT2D eigenvalue weighted by Gasteiger charge is 2.24. The fraction of sp³-hybridized carbons (Fsp3) is 0.278. The lowest BCUT2D eigenvalue weighted by Crippen LogP contribution is -2.34. The van der Waals surface area contributed by atoms with Crippen molar-refractivity contribution in [2.24, 2.45) is 0 Å². The van der Waals surface area contributed by atoms with Crippen molar-refractivity contribution in [3.8, 4) is 5.75 Å². The number of hydrogen-bond acceptors (Lipinski definition) is 6. The number of nitro groups is 1. The number of nitrogens with zero attached hydrogens (tertiary/aromatic N) is 2. The van der Waals surface area contributed by atoms with Crippen LogP contribution in [-0.4, -0.2) is 55.5 Å². The minimum atomic E-state index is -3.80. The first kappa shape index (κ1) is 23.9. The van der Waals surface area contributed by atoms with Crippen molar-refractivity contribution in [2.75, 3.05) is 37.3 Å². The molecule has 2 aromatic rings. The smallest absolute Gasteiger partial charge is 0.273 e. The molecule has 2 aromatic carbocycles. The summed E-state index contributed by atoms with van der Waals surface area (Å²) < 4.78 is 31.6. The number of nitrogens with one attached hydrogen (secondary N) is 1. The highest BCUT2D eigenvalue weighted by atomic mass is 35.5. The SMILES string of the molecule is COc1cc([N+](=O)[O-])ccc1NC(=O)c1ccc(S(=O)(=O)N(CCCl)CCCl)cc1. The van der Waals surface area contributed by atoms with Gasteiger partial charge in [0.25, 0.3) is 11.6 Å². The van der Waals surface area contributed by atoms with E-state index >= 15 is 0 Å². The summed E-state index contributed by atoms with van der Waals surface area (Å²) in [4.78, 5) is 22.8. The molecule has 0 fully saturated rings. The van der Waals surface area contributed by atoms with Gasteiger partial charge in [0.05, 0.1) is 28.7 Å². The number of amides is 1. The summed E-state index contributed by atoms with van der Waals surface area (Å²) in [5.41, 5.74) is 0.244.